The van der Waals surface area contributed by atoms with Crippen LogP contribution in [-0.2, 0) is 0 Å². The van der Waals surface area contributed by atoms with Crippen LogP contribution in [0.25, 0.3) is 0 Å². The van der Waals surface area contributed by atoms with Gasteiger partial charge in [0.05, 0.1) is 0 Å². The lowest BCUT2D eigenvalue weighted by Gasteiger charge is -2.07. The van der Waals surface area contributed by atoms with Crippen molar-refractivity contribution in [2.45, 2.75) is 30.5 Å². The molecule has 0 radical (unpaired) electrons. The Kier molecular flexibility index (Phi) is 4.02. The van der Waals surface area contributed by atoms with E-state index in [0.717, 1.165) is 11.4 Å². The fraction of sp³-hybridized carbons (Fsp3) is 0.556. The highest BCUT2D eigenvalue weighted by atomic mass is 32.2. The summed E-state index contributed by atoms with van der Waals surface area (Å²) in [5.41, 5.74) is 0. The number of aromatic nitrogens is 2. The van der Waals surface area contributed by atoms with Crippen LogP contribution < -0.4 is 5.32 Å². The van der Waals surface area contributed by atoms with Crippen molar-refractivity contribution in [3.63, 3.8) is 0 Å². The third kappa shape index (κ3) is 3.22. The van der Waals surface area contributed by atoms with Crippen LogP contribution >= 0.6 is 11.8 Å². The highest BCUT2D eigenvalue weighted by molar-refractivity contribution is 7.99. The summed E-state index contributed by atoms with van der Waals surface area (Å²) in [5.74, 6) is 0.688. The molecule has 1 aromatic rings. The van der Waals surface area contributed by atoms with Gasteiger partial charge < -0.3 is 5.32 Å². The van der Waals surface area contributed by atoms with Crippen molar-refractivity contribution in [1.29, 1.82) is 0 Å². The molecule has 0 saturated carbocycles. The van der Waals surface area contributed by atoms with Crippen LogP contribution in [0.15, 0.2) is 17.3 Å². The molecule has 0 saturated heterocycles. The maximum absolute atomic E-state index is 4.32. The number of nitrogens with one attached hydrogen (secondary N) is 1. The van der Waals surface area contributed by atoms with Crippen molar-refractivity contribution in [2.75, 3.05) is 12.4 Å². The Labute approximate surface area is 83.4 Å². The van der Waals surface area contributed by atoms with Crippen LogP contribution in [0, 0.1) is 0 Å². The van der Waals surface area contributed by atoms with Crippen molar-refractivity contribution in [2.24, 2.45) is 0 Å². The summed E-state index contributed by atoms with van der Waals surface area (Å²) in [6.07, 6.45) is 2.94. The molecule has 1 N–H and O–H groups in total. The highest BCUT2D eigenvalue weighted by Gasteiger charge is 2.03. The Hall–Kier alpha value is -0.770. The van der Waals surface area contributed by atoms with E-state index in [2.05, 4.69) is 29.1 Å². The molecule has 13 heavy (non-hydrogen) atoms. The zero-order valence-electron chi connectivity index (χ0n) is 8.24. The van der Waals surface area contributed by atoms with Crippen molar-refractivity contribution in [3.05, 3.63) is 12.3 Å². The number of anilines is 1. The van der Waals surface area contributed by atoms with Crippen molar-refractivity contribution < 1.29 is 0 Å². The van der Waals surface area contributed by atoms with Gasteiger partial charge in [-0.1, -0.05) is 13.8 Å². The van der Waals surface area contributed by atoms with Gasteiger partial charge in [-0.25, -0.2) is 9.97 Å². The Morgan fingerprint density at radius 1 is 1.62 bits per heavy atom. The summed E-state index contributed by atoms with van der Waals surface area (Å²) >= 11 is 1.78. The molecule has 1 atom stereocenters. The molecule has 0 spiro atoms. The molecule has 3 nitrogen and oxygen atoms in total. The molecular formula is C9H15N3S. The summed E-state index contributed by atoms with van der Waals surface area (Å²) in [7, 11) is 1.83. The Morgan fingerprint density at radius 2 is 2.38 bits per heavy atom. The minimum atomic E-state index is 0.611. The molecule has 0 bridgehead atoms. The second kappa shape index (κ2) is 5.07. The number of rotatable bonds is 4. The molecule has 0 aliphatic carbocycles. The first-order valence-electron chi connectivity index (χ1n) is 4.43. The maximum Gasteiger partial charge on any atom is 0.223 e. The van der Waals surface area contributed by atoms with Gasteiger partial charge in [0.15, 0.2) is 0 Å². The highest BCUT2D eigenvalue weighted by Crippen LogP contribution is 2.22. The molecule has 4 heteroatoms. The molecule has 0 aromatic carbocycles. The van der Waals surface area contributed by atoms with Gasteiger partial charge in [0.2, 0.25) is 5.95 Å². The third-order valence-electron chi connectivity index (χ3n) is 1.75. The van der Waals surface area contributed by atoms with Crippen molar-refractivity contribution in [3.8, 4) is 0 Å². The van der Waals surface area contributed by atoms with Crippen molar-refractivity contribution in [1.82, 2.24) is 9.97 Å². The fourth-order valence-corrected chi connectivity index (χ4v) is 1.68. The molecule has 1 heterocycles. The van der Waals surface area contributed by atoms with Crippen LogP contribution in [0.5, 0.6) is 0 Å². The summed E-state index contributed by atoms with van der Waals surface area (Å²) in [4.78, 5) is 8.38. The lowest BCUT2D eigenvalue weighted by Crippen LogP contribution is -1.98. The molecule has 0 aliphatic rings. The lowest BCUT2D eigenvalue weighted by atomic mass is 10.4. The van der Waals surface area contributed by atoms with E-state index in [9.17, 15) is 0 Å². The van der Waals surface area contributed by atoms with Gasteiger partial charge in [0, 0.05) is 18.5 Å². The predicted molar refractivity (Wildman–Crippen MR) is 57.2 cm³/mol. The summed E-state index contributed by atoms with van der Waals surface area (Å²) in [5, 5.41) is 4.57. The lowest BCUT2D eigenvalue weighted by molar-refractivity contribution is 0.899. The second-order valence-corrected chi connectivity index (χ2v) is 4.26. The predicted octanol–water partition coefficient (Wildman–Crippen LogP) is 2.41. The molecule has 1 aromatic heterocycles. The second-order valence-electron chi connectivity index (χ2n) is 2.81. The minimum Gasteiger partial charge on any atom is -0.357 e. The Bertz CT molecular complexity index is 265. The first-order valence-corrected chi connectivity index (χ1v) is 5.31. The zero-order chi connectivity index (χ0) is 9.68. The summed E-state index contributed by atoms with van der Waals surface area (Å²) in [6, 6.07) is 1.94. The fourth-order valence-electron chi connectivity index (χ4n) is 0.818. The SMILES string of the molecule is CCC(C)Sc1ccnc(NC)n1. The summed E-state index contributed by atoms with van der Waals surface area (Å²) < 4.78 is 0. The van der Waals surface area contributed by atoms with E-state index >= 15 is 0 Å². The summed E-state index contributed by atoms with van der Waals surface area (Å²) in [6.45, 7) is 4.38. The van der Waals surface area contributed by atoms with Crippen LogP contribution in [0.3, 0.4) is 0 Å². The monoisotopic (exact) mass is 197 g/mol. The molecule has 0 aliphatic heterocycles. The molecule has 1 unspecified atom stereocenters. The first-order chi connectivity index (χ1) is 6.26. The minimum absolute atomic E-state index is 0.611. The molecule has 1 rings (SSSR count). The van der Waals surface area contributed by atoms with Gasteiger partial charge in [-0.3, -0.25) is 0 Å². The first kappa shape index (κ1) is 10.3. The van der Waals surface area contributed by atoms with E-state index in [1.807, 2.05) is 13.1 Å². The van der Waals surface area contributed by atoms with Gasteiger partial charge in [-0.05, 0) is 12.5 Å². The van der Waals surface area contributed by atoms with Crippen LogP contribution in [0.1, 0.15) is 20.3 Å². The van der Waals surface area contributed by atoms with E-state index in [0.29, 0.717) is 11.2 Å². The normalized spacial score (nSPS) is 12.5. The van der Waals surface area contributed by atoms with Crippen LogP contribution in [0.4, 0.5) is 5.95 Å². The standard InChI is InChI=1S/C9H15N3S/c1-4-7(2)13-8-5-6-11-9(10-3)12-8/h5-7H,4H2,1-3H3,(H,10,11,12). The smallest absolute Gasteiger partial charge is 0.223 e. The number of thioether (sulfide) groups is 1. The van der Waals surface area contributed by atoms with Gasteiger partial charge in [-0.2, -0.15) is 0 Å². The average Bonchev–Trinajstić information content (AvgIpc) is 2.18. The molecule has 72 valence electrons. The molecule has 0 amide bonds. The van der Waals surface area contributed by atoms with Gasteiger partial charge in [0.1, 0.15) is 5.03 Å². The van der Waals surface area contributed by atoms with Gasteiger partial charge in [-0.15, -0.1) is 11.8 Å². The quantitative estimate of drug-likeness (QED) is 0.594. The van der Waals surface area contributed by atoms with Crippen LogP contribution in [-0.4, -0.2) is 22.3 Å². The van der Waals surface area contributed by atoms with Gasteiger partial charge >= 0.3 is 0 Å². The van der Waals surface area contributed by atoms with Crippen LogP contribution in [0.2, 0.25) is 0 Å². The van der Waals surface area contributed by atoms with E-state index in [1.54, 1.807) is 18.0 Å². The van der Waals surface area contributed by atoms with Gasteiger partial charge in [0.25, 0.3) is 0 Å². The largest absolute Gasteiger partial charge is 0.357 e. The van der Waals surface area contributed by atoms with E-state index in [-0.39, 0.29) is 0 Å². The van der Waals surface area contributed by atoms with E-state index < -0.39 is 0 Å². The Morgan fingerprint density at radius 3 is 3.00 bits per heavy atom. The van der Waals surface area contributed by atoms with E-state index in [4.69, 9.17) is 0 Å². The van der Waals surface area contributed by atoms with Crippen molar-refractivity contribution >= 4 is 17.7 Å². The maximum atomic E-state index is 4.32. The topological polar surface area (TPSA) is 37.8 Å². The zero-order valence-corrected chi connectivity index (χ0v) is 9.06. The molecular weight excluding hydrogens is 182 g/mol. The van der Waals surface area contributed by atoms with E-state index in [1.165, 1.54) is 0 Å². The number of hydrogen-bond acceptors (Lipinski definition) is 4. The third-order valence-corrected chi connectivity index (χ3v) is 2.96. The Balaban J connectivity index is 2.66. The number of hydrogen-bond donors (Lipinski definition) is 1. The molecule has 0 fully saturated rings. The average molecular weight is 197 g/mol. The number of nitrogens with zero attached hydrogens (tertiary/aromatic N) is 2.